The quantitative estimate of drug-likeness (QED) is 0.818. The van der Waals surface area contributed by atoms with Gasteiger partial charge in [0.05, 0.1) is 27.9 Å². The summed E-state index contributed by atoms with van der Waals surface area (Å²) in [7, 11) is 6.69. The Hall–Kier alpha value is -1.95. The summed E-state index contributed by atoms with van der Waals surface area (Å²) in [6.45, 7) is 2.67. The lowest BCUT2D eigenvalue weighted by Crippen LogP contribution is -2.39. The molecule has 140 valence electrons. The SMILES string of the molecule is COc1cc(NC(=O)CN(C)C2CCC(C)CC2)cc(OC)c1OC. The summed E-state index contributed by atoms with van der Waals surface area (Å²) in [5.41, 5.74) is 0.630. The predicted octanol–water partition coefficient (Wildman–Crippen LogP) is 3.16. The number of anilines is 1. The number of hydrogen-bond acceptors (Lipinski definition) is 5. The second-order valence-corrected chi connectivity index (χ2v) is 6.79. The van der Waals surface area contributed by atoms with Crippen LogP contribution in [0.3, 0.4) is 0 Å². The van der Waals surface area contributed by atoms with E-state index in [2.05, 4.69) is 17.1 Å². The first-order valence-electron chi connectivity index (χ1n) is 8.78. The van der Waals surface area contributed by atoms with Gasteiger partial charge >= 0.3 is 0 Å². The standard InChI is InChI=1S/C19H30N2O4/c1-13-6-8-15(9-7-13)21(2)12-18(22)20-14-10-16(23-3)19(25-5)17(11-14)24-4/h10-11,13,15H,6-9,12H2,1-5H3,(H,20,22). The summed E-state index contributed by atoms with van der Waals surface area (Å²) < 4.78 is 15.9. The van der Waals surface area contributed by atoms with Gasteiger partial charge in [0.25, 0.3) is 0 Å². The largest absolute Gasteiger partial charge is 0.493 e. The smallest absolute Gasteiger partial charge is 0.238 e. The third-order valence-corrected chi connectivity index (χ3v) is 4.95. The number of carbonyl (C=O) groups is 1. The molecule has 0 unspecified atom stereocenters. The van der Waals surface area contributed by atoms with Crippen molar-refractivity contribution in [3.63, 3.8) is 0 Å². The van der Waals surface area contributed by atoms with Crippen molar-refractivity contribution in [3.8, 4) is 17.2 Å². The predicted molar refractivity (Wildman–Crippen MR) is 98.8 cm³/mol. The van der Waals surface area contributed by atoms with Crippen LogP contribution in [0.2, 0.25) is 0 Å². The molecule has 1 aliphatic carbocycles. The number of nitrogens with zero attached hydrogens (tertiary/aromatic N) is 1. The van der Waals surface area contributed by atoms with Crippen LogP contribution in [0.15, 0.2) is 12.1 Å². The van der Waals surface area contributed by atoms with Crippen LogP contribution in [0, 0.1) is 5.92 Å². The summed E-state index contributed by atoms with van der Waals surface area (Å²) >= 11 is 0. The molecule has 0 aliphatic heterocycles. The fraction of sp³-hybridized carbons (Fsp3) is 0.632. The van der Waals surface area contributed by atoms with Gasteiger partial charge in [-0.1, -0.05) is 6.92 Å². The summed E-state index contributed by atoms with van der Waals surface area (Å²) in [6.07, 6.45) is 4.80. The number of likely N-dealkylation sites (N-methyl/N-ethyl adjacent to an activating group) is 1. The van der Waals surface area contributed by atoms with Gasteiger partial charge in [0.2, 0.25) is 11.7 Å². The molecule has 0 atom stereocenters. The zero-order valence-electron chi connectivity index (χ0n) is 15.9. The number of ether oxygens (including phenoxy) is 3. The fourth-order valence-electron chi connectivity index (χ4n) is 3.39. The number of hydrogen-bond donors (Lipinski definition) is 1. The van der Waals surface area contributed by atoms with Gasteiger partial charge in [-0.25, -0.2) is 0 Å². The third kappa shape index (κ3) is 5.01. The van der Waals surface area contributed by atoms with Crippen LogP contribution in [-0.2, 0) is 4.79 Å². The van der Waals surface area contributed by atoms with Crippen molar-refractivity contribution in [2.75, 3.05) is 40.2 Å². The Morgan fingerprint density at radius 3 is 2.12 bits per heavy atom. The summed E-state index contributed by atoms with van der Waals surface area (Å²) in [5.74, 6) is 2.31. The molecule has 6 nitrogen and oxygen atoms in total. The zero-order chi connectivity index (χ0) is 18.4. The van der Waals surface area contributed by atoms with E-state index in [0.717, 1.165) is 18.8 Å². The van der Waals surface area contributed by atoms with Gasteiger partial charge in [0, 0.05) is 23.9 Å². The molecule has 0 saturated heterocycles. The average Bonchev–Trinajstić information content (AvgIpc) is 2.61. The minimum atomic E-state index is -0.0459. The van der Waals surface area contributed by atoms with Crippen molar-refractivity contribution in [3.05, 3.63) is 12.1 Å². The molecule has 1 fully saturated rings. The normalized spacial score (nSPS) is 20.2. The fourth-order valence-corrected chi connectivity index (χ4v) is 3.39. The summed E-state index contributed by atoms with van der Waals surface area (Å²) in [4.78, 5) is 14.6. The van der Waals surface area contributed by atoms with Crippen LogP contribution in [0.4, 0.5) is 5.69 Å². The van der Waals surface area contributed by atoms with E-state index >= 15 is 0 Å². The van der Waals surface area contributed by atoms with E-state index in [0.29, 0.717) is 35.5 Å². The highest BCUT2D eigenvalue weighted by Gasteiger charge is 2.23. The van der Waals surface area contributed by atoms with Crippen LogP contribution in [0.5, 0.6) is 17.2 Å². The number of rotatable bonds is 7. The Morgan fingerprint density at radius 2 is 1.64 bits per heavy atom. The molecule has 1 aliphatic rings. The molecule has 0 radical (unpaired) electrons. The minimum absolute atomic E-state index is 0.0459. The molecule has 1 amide bonds. The van der Waals surface area contributed by atoms with Crippen LogP contribution in [0.25, 0.3) is 0 Å². The Morgan fingerprint density at radius 1 is 1.08 bits per heavy atom. The maximum absolute atomic E-state index is 12.4. The highest BCUT2D eigenvalue weighted by molar-refractivity contribution is 5.93. The van der Waals surface area contributed by atoms with Crippen molar-refractivity contribution >= 4 is 11.6 Å². The van der Waals surface area contributed by atoms with Gasteiger partial charge in [-0.3, -0.25) is 9.69 Å². The van der Waals surface area contributed by atoms with Gasteiger partial charge < -0.3 is 19.5 Å². The Labute approximate surface area is 150 Å². The molecule has 2 rings (SSSR count). The second-order valence-electron chi connectivity index (χ2n) is 6.79. The number of carbonyl (C=O) groups excluding carboxylic acids is 1. The second kappa shape index (κ2) is 8.94. The molecule has 0 bridgehead atoms. The third-order valence-electron chi connectivity index (χ3n) is 4.95. The molecule has 1 aromatic rings. The van der Waals surface area contributed by atoms with E-state index in [-0.39, 0.29) is 5.91 Å². The maximum Gasteiger partial charge on any atom is 0.238 e. The lowest BCUT2D eigenvalue weighted by atomic mass is 9.87. The first kappa shape index (κ1) is 19.4. The molecule has 1 N–H and O–H groups in total. The van der Waals surface area contributed by atoms with Crippen molar-refractivity contribution in [2.45, 2.75) is 38.6 Å². The number of nitrogens with one attached hydrogen (secondary N) is 1. The van der Waals surface area contributed by atoms with Crippen molar-refractivity contribution < 1.29 is 19.0 Å². The molecular formula is C19H30N2O4. The van der Waals surface area contributed by atoms with Gasteiger partial charge in [-0.15, -0.1) is 0 Å². The van der Waals surface area contributed by atoms with Gasteiger partial charge in [0.15, 0.2) is 11.5 Å². The molecule has 0 spiro atoms. The highest BCUT2D eigenvalue weighted by atomic mass is 16.5. The van der Waals surface area contributed by atoms with Gasteiger partial charge in [0.1, 0.15) is 0 Å². The van der Waals surface area contributed by atoms with Crippen LogP contribution >= 0.6 is 0 Å². The number of benzene rings is 1. The van der Waals surface area contributed by atoms with E-state index in [4.69, 9.17) is 14.2 Å². The average molecular weight is 350 g/mol. The molecule has 1 saturated carbocycles. The topological polar surface area (TPSA) is 60.0 Å². The number of amides is 1. The minimum Gasteiger partial charge on any atom is -0.493 e. The maximum atomic E-state index is 12.4. The van der Waals surface area contributed by atoms with E-state index in [9.17, 15) is 4.79 Å². The Bertz CT molecular complexity index is 558. The first-order chi connectivity index (χ1) is 12.0. The van der Waals surface area contributed by atoms with Crippen LogP contribution in [0.1, 0.15) is 32.6 Å². The first-order valence-corrected chi connectivity index (χ1v) is 8.78. The lowest BCUT2D eigenvalue weighted by Gasteiger charge is -2.33. The number of methoxy groups -OCH3 is 3. The molecule has 25 heavy (non-hydrogen) atoms. The van der Waals surface area contributed by atoms with Crippen molar-refractivity contribution in [1.82, 2.24) is 4.90 Å². The summed E-state index contributed by atoms with van der Waals surface area (Å²) in [5, 5.41) is 2.93. The van der Waals surface area contributed by atoms with E-state index in [1.807, 2.05) is 7.05 Å². The Kier molecular flexibility index (Phi) is 6.93. The van der Waals surface area contributed by atoms with Crippen LogP contribution < -0.4 is 19.5 Å². The lowest BCUT2D eigenvalue weighted by molar-refractivity contribution is -0.117. The monoisotopic (exact) mass is 350 g/mol. The van der Waals surface area contributed by atoms with Crippen molar-refractivity contribution in [2.24, 2.45) is 5.92 Å². The molecule has 1 aromatic carbocycles. The molecule has 6 heteroatoms. The molecule has 0 aromatic heterocycles. The van der Waals surface area contributed by atoms with E-state index in [1.54, 1.807) is 33.5 Å². The van der Waals surface area contributed by atoms with E-state index in [1.165, 1.54) is 12.8 Å². The summed E-state index contributed by atoms with van der Waals surface area (Å²) in [6, 6.07) is 3.96. The highest BCUT2D eigenvalue weighted by Crippen LogP contribution is 2.39. The zero-order valence-corrected chi connectivity index (χ0v) is 15.9. The molecular weight excluding hydrogens is 320 g/mol. The molecule has 0 heterocycles. The van der Waals surface area contributed by atoms with Gasteiger partial charge in [-0.2, -0.15) is 0 Å². The van der Waals surface area contributed by atoms with Gasteiger partial charge in [-0.05, 0) is 38.6 Å². The van der Waals surface area contributed by atoms with Crippen LogP contribution in [-0.4, -0.2) is 51.8 Å². The van der Waals surface area contributed by atoms with E-state index < -0.39 is 0 Å². The Balaban J connectivity index is 2.00. The van der Waals surface area contributed by atoms with Crippen molar-refractivity contribution in [1.29, 1.82) is 0 Å².